The van der Waals surface area contributed by atoms with Gasteiger partial charge in [0.15, 0.2) is 16.8 Å². The monoisotopic (exact) mass is 590 g/mol. The van der Waals surface area contributed by atoms with Gasteiger partial charge in [-0.3, -0.25) is 4.79 Å². The molecule has 0 saturated carbocycles. The van der Waals surface area contributed by atoms with Crippen molar-refractivity contribution in [1.82, 2.24) is 19.9 Å². The predicted molar refractivity (Wildman–Crippen MR) is 147 cm³/mol. The second-order valence-corrected chi connectivity index (χ2v) is 7.98. The van der Waals surface area contributed by atoms with Crippen molar-refractivity contribution in [3.05, 3.63) is 27.9 Å². The van der Waals surface area contributed by atoms with Gasteiger partial charge >= 0.3 is 12.1 Å². The third-order valence-corrected chi connectivity index (χ3v) is 4.79. The number of anilines is 2. The number of hydrogen-bond acceptors (Lipinski definition) is 12. The van der Waals surface area contributed by atoms with E-state index in [-0.39, 0.29) is 54.1 Å². The van der Waals surface area contributed by atoms with Crippen molar-refractivity contribution in [3.63, 3.8) is 0 Å². The maximum Gasteiger partial charge on any atom is 0.373 e. The lowest BCUT2D eigenvalue weighted by Crippen LogP contribution is -2.05. The van der Waals surface area contributed by atoms with Crippen LogP contribution in [0.4, 0.5) is 11.6 Å². The van der Waals surface area contributed by atoms with Gasteiger partial charge in [0, 0.05) is 5.75 Å². The fourth-order valence-corrected chi connectivity index (χ4v) is 2.94. The number of carbonyl (C=O) groups is 1. The van der Waals surface area contributed by atoms with Gasteiger partial charge in [-0.25, -0.2) is 19.9 Å². The smallest absolute Gasteiger partial charge is 0.373 e. The van der Waals surface area contributed by atoms with E-state index in [0.29, 0.717) is 23.8 Å². The number of ether oxygens (including phenoxy) is 1. The average Bonchev–Trinajstić information content (AvgIpc) is 2.75. The molecule has 0 aliphatic carbocycles. The molecule has 0 fully saturated rings. The Hall–Kier alpha value is -1.82. The summed E-state index contributed by atoms with van der Waals surface area (Å²) in [6, 6.07) is 0. The van der Waals surface area contributed by atoms with Crippen LogP contribution in [0.5, 0.6) is 0 Å². The molecule has 0 saturated heterocycles. The first-order valence-corrected chi connectivity index (χ1v) is 12.0. The van der Waals surface area contributed by atoms with Gasteiger partial charge in [-0.15, -0.1) is 11.8 Å². The summed E-state index contributed by atoms with van der Waals surface area (Å²) in [6.45, 7) is 4.33. The van der Waals surface area contributed by atoms with Crippen LogP contribution < -0.4 is 11.5 Å². The molecule has 15 heteroatoms. The first-order chi connectivity index (χ1) is 15.7. The van der Waals surface area contributed by atoms with Crippen LogP contribution in [0.15, 0.2) is 17.4 Å². The molecule has 0 amide bonds. The summed E-state index contributed by atoms with van der Waals surface area (Å²) >= 11 is 21.8. The molecular weight excluding hydrogens is 559 g/mol. The van der Waals surface area contributed by atoms with Crippen LogP contribution in [0.25, 0.3) is 0 Å². The molecule has 0 spiro atoms. The van der Waals surface area contributed by atoms with Crippen LogP contribution in [-0.2, 0) is 19.1 Å². The number of esters is 1. The molecule has 10 nitrogen and oxygen atoms in total. The minimum absolute atomic E-state index is 0. The molecule has 200 valence electrons. The second kappa shape index (κ2) is 26.8. The zero-order valence-corrected chi connectivity index (χ0v) is 21.9. The minimum Gasteiger partial charge on any atom is -0.466 e. The number of rotatable bonds is 7. The van der Waals surface area contributed by atoms with E-state index in [2.05, 4.69) is 39.5 Å². The van der Waals surface area contributed by atoms with Crippen molar-refractivity contribution in [3.8, 4) is 0 Å². The number of nitrogen functional groups attached to an aromatic ring is 2. The Kier molecular flexibility index (Phi) is 30.9. The predicted octanol–water partition coefficient (Wildman–Crippen LogP) is 5.53. The zero-order valence-electron chi connectivity index (χ0n) is 18.0. The molecule has 0 atom stereocenters. The molecule has 0 unspecified atom stereocenters. The van der Waals surface area contributed by atoms with E-state index < -0.39 is 0 Å². The van der Waals surface area contributed by atoms with E-state index in [0.717, 1.165) is 5.75 Å². The first kappa shape index (κ1) is 40.4. The molecule has 35 heavy (non-hydrogen) atoms. The van der Waals surface area contributed by atoms with Crippen molar-refractivity contribution in [2.24, 2.45) is 0 Å². The molecule has 0 radical (unpaired) electrons. The van der Waals surface area contributed by atoms with Crippen molar-refractivity contribution >= 4 is 83.0 Å². The third kappa shape index (κ3) is 23.7. The summed E-state index contributed by atoms with van der Waals surface area (Å²) in [5.74, 6) is 1.80. The Bertz CT molecular complexity index is 862. The number of aromatic nitrogens is 4. The van der Waals surface area contributed by atoms with Gasteiger partial charge in [-0.05, 0) is 19.1 Å². The molecule has 2 aromatic rings. The molecule has 4 N–H and O–H groups in total. The van der Waals surface area contributed by atoms with Gasteiger partial charge in [-0.2, -0.15) is 22.2 Å². The van der Waals surface area contributed by atoms with Crippen LogP contribution in [0, 0.1) is 0 Å². The fourth-order valence-electron chi connectivity index (χ4n) is 1.47. The summed E-state index contributed by atoms with van der Waals surface area (Å²) in [5.41, 5.74) is 10.8. The summed E-state index contributed by atoms with van der Waals surface area (Å²) in [6.07, 6.45) is 5.85. The third-order valence-electron chi connectivity index (χ3n) is 2.82. The van der Waals surface area contributed by atoms with Crippen LogP contribution in [0.1, 0.15) is 48.0 Å². The van der Waals surface area contributed by atoms with Crippen molar-refractivity contribution in [2.75, 3.05) is 29.6 Å². The number of thioether (sulfide) groups is 1. The van der Waals surface area contributed by atoms with Crippen LogP contribution in [0.2, 0.25) is 15.5 Å². The number of nitrogens with zero attached hydrogens (tertiary/aromatic N) is 4. The Balaban J connectivity index is -0.000000215. The number of hydrogen-bond donors (Lipinski definition) is 3. The molecule has 2 aromatic heterocycles. The normalized spacial score (nSPS) is 8.51. The summed E-state index contributed by atoms with van der Waals surface area (Å²) in [7, 11) is 0. The first-order valence-electron chi connectivity index (χ1n) is 9.26. The molecule has 0 aliphatic heterocycles. The highest BCUT2D eigenvalue weighted by molar-refractivity contribution is 7.99. The van der Waals surface area contributed by atoms with Crippen molar-refractivity contribution in [1.29, 1.82) is 0 Å². The van der Waals surface area contributed by atoms with E-state index in [1.807, 2.05) is 0 Å². The second-order valence-electron chi connectivity index (χ2n) is 5.32. The standard InChI is InChI=1S/C9H12ClN3O2S.C4H3Cl2N3.C4H10S.CO2.2CH4/c1-2-15-7(14)3-4-16-9-8(11)13-6(10)5-12-9;5-2-1-8-3(6)4(7)9-2;1-2-3-4-5;2-1-3;;/h5H,2-4H2,1H3,(H2,11,13);1H,(H2,7,9);5H,2-4H2,1H3;;2*1H4. The lowest BCUT2D eigenvalue weighted by molar-refractivity contribution is -0.191. The topological polar surface area (TPSA) is 164 Å². The minimum atomic E-state index is -0.226. The van der Waals surface area contributed by atoms with Gasteiger partial charge in [0.1, 0.15) is 15.3 Å². The summed E-state index contributed by atoms with van der Waals surface area (Å²) in [5, 5.41) is 1.26. The van der Waals surface area contributed by atoms with Crippen LogP contribution in [-0.4, -0.2) is 50.2 Å². The Morgan fingerprint density at radius 3 is 1.94 bits per heavy atom. The molecule has 0 aliphatic rings. The SMILES string of the molecule is C.C.CCCCS.CCOC(=O)CCSc1ncc(Cl)nc1N.Nc1nc(Cl)cnc1Cl.O=C=O. The van der Waals surface area contributed by atoms with Gasteiger partial charge in [0.25, 0.3) is 0 Å². The highest BCUT2D eigenvalue weighted by Crippen LogP contribution is 2.22. The Morgan fingerprint density at radius 2 is 1.57 bits per heavy atom. The van der Waals surface area contributed by atoms with Crippen LogP contribution in [0.3, 0.4) is 0 Å². The quantitative estimate of drug-likeness (QED) is 0.211. The van der Waals surface area contributed by atoms with Gasteiger partial charge in [0.05, 0.1) is 25.4 Å². The molecule has 2 rings (SSSR count). The van der Waals surface area contributed by atoms with E-state index in [1.54, 1.807) is 6.92 Å². The van der Waals surface area contributed by atoms with E-state index in [9.17, 15) is 4.79 Å². The largest absolute Gasteiger partial charge is 0.466 e. The lowest BCUT2D eigenvalue weighted by atomic mass is 10.4. The maximum absolute atomic E-state index is 11.0. The molecule has 0 aromatic carbocycles. The number of carbonyl (C=O) groups excluding carboxylic acids is 3. The molecular formula is C20H33Cl3N6O4S2. The summed E-state index contributed by atoms with van der Waals surface area (Å²) in [4.78, 5) is 42.4. The zero-order chi connectivity index (χ0) is 25.6. The van der Waals surface area contributed by atoms with Gasteiger partial charge in [-0.1, -0.05) is 63.0 Å². The number of nitrogens with two attached hydrogens (primary N) is 2. The van der Waals surface area contributed by atoms with E-state index in [1.165, 1.54) is 37.0 Å². The maximum atomic E-state index is 11.0. The number of halogens is 3. The van der Waals surface area contributed by atoms with Gasteiger partial charge in [0.2, 0.25) is 0 Å². The number of thiol groups is 1. The number of unbranched alkanes of at least 4 members (excludes halogenated alkanes) is 1. The van der Waals surface area contributed by atoms with Gasteiger partial charge < -0.3 is 16.2 Å². The average molecular weight is 592 g/mol. The molecule has 2 heterocycles. The molecule has 0 bridgehead atoms. The Morgan fingerprint density at radius 1 is 1.06 bits per heavy atom. The lowest BCUT2D eigenvalue weighted by Gasteiger charge is -2.03. The van der Waals surface area contributed by atoms with Crippen molar-refractivity contribution in [2.45, 2.75) is 53.0 Å². The fraction of sp³-hybridized carbons (Fsp3) is 0.500. The van der Waals surface area contributed by atoms with E-state index >= 15 is 0 Å². The van der Waals surface area contributed by atoms with Crippen molar-refractivity contribution < 1.29 is 19.1 Å². The van der Waals surface area contributed by atoms with Crippen LogP contribution >= 0.6 is 59.2 Å². The highest BCUT2D eigenvalue weighted by Gasteiger charge is 2.06. The van der Waals surface area contributed by atoms with E-state index in [4.69, 9.17) is 60.6 Å². The summed E-state index contributed by atoms with van der Waals surface area (Å²) < 4.78 is 4.79. The highest BCUT2D eigenvalue weighted by atomic mass is 35.5. The Labute approximate surface area is 231 Å².